The molecule has 2 N–H and O–H groups in total. The molecule has 1 aliphatic carbocycles. The van der Waals surface area contributed by atoms with Gasteiger partial charge in [-0.15, -0.1) is 0 Å². The molecule has 1 aliphatic rings. The fraction of sp³-hybridized carbons (Fsp3) is 0.0625. The lowest BCUT2D eigenvalue weighted by Crippen LogP contribution is -2.45. The van der Waals surface area contributed by atoms with Crippen molar-refractivity contribution in [1.82, 2.24) is 0 Å². The molecule has 0 bridgehead atoms. The number of allylic oxidation sites excluding steroid dienone is 2. The van der Waals surface area contributed by atoms with E-state index in [1.807, 2.05) is 0 Å². The summed E-state index contributed by atoms with van der Waals surface area (Å²) in [4.78, 5) is 0. The van der Waals surface area contributed by atoms with E-state index in [1.165, 1.54) is 32.7 Å². The fourth-order valence-electron chi connectivity index (χ4n) is 4.85. The van der Waals surface area contributed by atoms with Gasteiger partial charge in [-0.1, -0.05) is 115 Å². The molecule has 0 atom stereocenters. The number of nitrogens with one attached hydrogen (secondary N) is 2. The molecule has 0 spiro atoms. The molecule has 0 heterocycles. The second-order valence-corrected chi connectivity index (χ2v) is 8.84. The minimum absolute atomic E-state index is 0.466. The molecule has 0 saturated carbocycles. The molecular formula is C32H26N2. The molecule has 0 aliphatic heterocycles. The van der Waals surface area contributed by atoms with Gasteiger partial charge in [0.15, 0.2) is 0 Å². The maximum Gasteiger partial charge on any atom is 0.131 e. The van der Waals surface area contributed by atoms with Crippen molar-refractivity contribution in [1.29, 1.82) is 0 Å². The highest BCUT2D eigenvalue weighted by Gasteiger charge is 2.29. The van der Waals surface area contributed by atoms with Crippen molar-refractivity contribution >= 4 is 38.5 Å². The van der Waals surface area contributed by atoms with Gasteiger partial charge in [-0.2, -0.15) is 0 Å². The average Bonchev–Trinajstić information content (AvgIpc) is 2.90. The number of anilines is 2. The first kappa shape index (κ1) is 20.3. The van der Waals surface area contributed by atoms with E-state index in [-0.39, 0.29) is 0 Å². The van der Waals surface area contributed by atoms with E-state index in [1.54, 1.807) is 0 Å². The van der Waals surface area contributed by atoms with Gasteiger partial charge in [0.1, 0.15) is 5.66 Å². The maximum absolute atomic E-state index is 3.88. The zero-order valence-corrected chi connectivity index (χ0v) is 18.9. The van der Waals surface area contributed by atoms with Crippen molar-refractivity contribution in [3.8, 4) is 0 Å². The van der Waals surface area contributed by atoms with Crippen molar-refractivity contribution in [2.45, 2.75) is 12.1 Å². The Morgan fingerprint density at radius 3 is 1.62 bits per heavy atom. The van der Waals surface area contributed by atoms with E-state index in [0.29, 0.717) is 0 Å². The molecule has 0 saturated heterocycles. The van der Waals surface area contributed by atoms with Crippen molar-refractivity contribution in [3.05, 3.63) is 139 Å². The summed E-state index contributed by atoms with van der Waals surface area (Å²) in [7, 11) is 0. The Kier molecular flexibility index (Phi) is 5.12. The Balaban J connectivity index is 1.42. The van der Waals surface area contributed by atoms with E-state index < -0.39 is 5.66 Å². The largest absolute Gasteiger partial charge is 0.359 e. The van der Waals surface area contributed by atoms with E-state index in [0.717, 1.165) is 17.8 Å². The van der Waals surface area contributed by atoms with Crippen LogP contribution >= 0.6 is 0 Å². The van der Waals surface area contributed by atoms with Crippen molar-refractivity contribution in [2.75, 3.05) is 10.6 Å². The summed E-state index contributed by atoms with van der Waals surface area (Å²) in [5.74, 6) is 0. The third-order valence-corrected chi connectivity index (χ3v) is 6.59. The standard InChI is InChI=1S/C32H26N2/c1-2-10-24(11-3-1)25-20-22-32(23-21-25,33-30-18-8-14-26-12-4-6-16-28(26)30)34-31-19-9-15-27-13-5-7-17-29(27)31/h1-22,33-34H,23H2. The predicted octanol–water partition coefficient (Wildman–Crippen LogP) is 8.26. The number of hydrogen-bond donors (Lipinski definition) is 2. The molecule has 0 unspecified atom stereocenters. The molecule has 164 valence electrons. The molecule has 5 aromatic rings. The van der Waals surface area contributed by atoms with Crippen molar-refractivity contribution in [2.24, 2.45) is 0 Å². The highest BCUT2D eigenvalue weighted by Crippen LogP contribution is 2.35. The molecule has 34 heavy (non-hydrogen) atoms. The van der Waals surface area contributed by atoms with Gasteiger partial charge < -0.3 is 10.6 Å². The van der Waals surface area contributed by atoms with Gasteiger partial charge >= 0.3 is 0 Å². The van der Waals surface area contributed by atoms with Crippen LogP contribution in [0.25, 0.3) is 27.1 Å². The van der Waals surface area contributed by atoms with Gasteiger partial charge in [-0.25, -0.2) is 0 Å². The summed E-state index contributed by atoms with van der Waals surface area (Å²) in [6.45, 7) is 0. The first-order valence-electron chi connectivity index (χ1n) is 11.8. The number of hydrogen-bond acceptors (Lipinski definition) is 2. The quantitative estimate of drug-likeness (QED) is 0.270. The van der Waals surface area contributed by atoms with Crippen LogP contribution in [-0.4, -0.2) is 5.66 Å². The van der Waals surface area contributed by atoms with Gasteiger partial charge in [0.25, 0.3) is 0 Å². The van der Waals surface area contributed by atoms with E-state index in [2.05, 4.69) is 144 Å². The van der Waals surface area contributed by atoms with E-state index >= 15 is 0 Å². The van der Waals surface area contributed by atoms with E-state index in [9.17, 15) is 0 Å². The Labute approximate surface area is 200 Å². The Hall–Kier alpha value is -4.30. The Bertz CT molecular complexity index is 1440. The van der Waals surface area contributed by atoms with Crippen LogP contribution in [-0.2, 0) is 0 Å². The minimum Gasteiger partial charge on any atom is -0.359 e. The van der Waals surface area contributed by atoms with Crippen LogP contribution in [0.2, 0.25) is 0 Å². The molecule has 0 radical (unpaired) electrons. The van der Waals surface area contributed by atoms with Gasteiger partial charge in [0, 0.05) is 28.6 Å². The van der Waals surface area contributed by atoms with Gasteiger partial charge in [0.2, 0.25) is 0 Å². The summed E-state index contributed by atoms with van der Waals surface area (Å²) in [5, 5.41) is 12.7. The van der Waals surface area contributed by atoms with E-state index in [4.69, 9.17) is 0 Å². The molecule has 2 nitrogen and oxygen atoms in total. The highest BCUT2D eigenvalue weighted by atomic mass is 15.2. The summed E-state index contributed by atoms with van der Waals surface area (Å²) in [6.07, 6.45) is 7.64. The molecule has 5 aromatic carbocycles. The fourth-order valence-corrected chi connectivity index (χ4v) is 4.85. The zero-order chi connectivity index (χ0) is 22.8. The van der Waals surface area contributed by atoms with Crippen LogP contribution < -0.4 is 10.6 Å². The lowest BCUT2D eigenvalue weighted by Gasteiger charge is -2.37. The van der Waals surface area contributed by atoms with Crippen LogP contribution in [0.15, 0.2) is 133 Å². The van der Waals surface area contributed by atoms with Gasteiger partial charge in [0.05, 0.1) is 0 Å². The van der Waals surface area contributed by atoms with Crippen LogP contribution in [0.3, 0.4) is 0 Å². The SMILES string of the molecule is C1=CC(Nc2cccc3ccccc23)(Nc2cccc3ccccc23)CC=C1c1ccccc1. The molecular weight excluding hydrogens is 412 g/mol. The maximum atomic E-state index is 3.88. The topological polar surface area (TPSA) is 24.1 Å². The lowest BCUT2D eigenvalue weighted by molar-refractivity contribution is 0.662. The highest BCUT2D eigenvalue weighted by molar-refractivity contribution is 5.96. The van der Waals surface area contributed by atoms with Crippen LogP contribution in [0, 0.1) is 0 Å². The average molecular weight is 439 g/mol. The van der Waals surface area contributed by atoms with Crippen LogP contribution in [0.1, 0.15) is 12.0 Å². The third-order valence-electron chi connectivity index (χ3n) is 6.59. The minimum atomic E-state index is -0.466. The second kappa shape index (κ2) is 8.57. The molecule has 0 fully saturated rings. The first-order chi connectivity index (χ1) is 16.8. The van der Waals surface area contributed by atoms with Crippen LogP contribution in [0.5, 0.6) is 0 Å². The first-order valence-corrected chi connectivity index (χ1v) is 11.8. The second-order valence-electron chi connectivity index (χ2n) is 8.84. The lowest BCUT2D eigenvalue weighted by atomic mass is 9.91. The summed E-state index contributed by atoms with van der Waals surface area (Å²) >= 11 is 0. The third kappa shape index (κ3) is 3.84. The molecule has 0 aromatic heterocycles. The number of rotatable bonds is 5. The van der Waals surface area contributed by atoms with Crippen molar-refractivity contribution in [3.63, 3.8) is 0 Å². The summed E-state index contributed by atoms with van der Waals surface area (Å²) in [6, 6.07) is 40.5. The van der Waals surface area contributed by atoms with Crippen molar-refractivity contribution < 1.29 is 0 Å². The van der Waals surface area contributed by atoms with Gasteiger partial charge in [-0.05, 0) is 40.1 Å². The Morgan fingerprint density at radius 2 is 1.06 bits per heavy atom. The normalized spacial score (nSPS) is 14.6. The van der Waals surface area contributed by atoms with Gasteiger partial charge in [-0.3, -0.25) is 0 Å². The van der Waals surface area contributed by atoms with Crippen LogP contribution in [0.4, 0.5) is 11.4 Å². The molecule has 2 heteroatoms. The smallest absolute Gasteiger partial charge is 0.131 e. The monoisotopic (exact) mass is 438 g/mol. The molecule has 0 amide bonds. The Morgan fingerprint density at radius 1 is 0.529 bits per heavy atom. The number of fused-ring (bicyclic) bond motifs is 2. The zero-order valence-electron chi connectivity index (χ0n) is 18.9. The number of benzene rings is 5. The molecule has 6 rings (SSSR count). The summed E-state index contributed by atoms with van der Waals surface area (Å²) < 4.78 is 0. The summed E-state index contributed by atoms with van der Waals surface area (Å²) in [5.41, 5.74) is 4.25. The predicted molar refractivity (Wildman–Crippen MR) is 146 cm³/mol.